The Kier molecular flexibility index (Phi) is 3.66. The first kappa shape index (κ1) is 15.4. The average Bonchev–Trinajstić information content (AvgIpc) is 3.25. The van der Waals surface area contributed by atoms with Gasteiger partial charge in [0.2, 0.25) is 0 Å². The van der Waals surface area contributed by atoms with Crippen molar-refractivity contribution in [3.63, 3.8) is 0 Å². The van der Waals surface area contributed by atoms with Crippen molar-refractivity contribution in [2.75, 3.05) is 0 Å². The Bertz CT molecular complexity index is 992. The number of ether oxygens (including phenoxy) is 1. The number of hydrogen-bond donors (Lipinski definition) is 0. The molecule has 3 aromatic rings. The third-order valence-electron chi connectivity index (χ3n) is 5.56. The maximum Gasteiger partial charge on any atom is 0.0981 e. The Labute approximate surface area is 154 Å². The second-order valence-corrected chi connectivity index (χ2v) is 7.20. The smallest absolute Gasteiger partial charge is 0.0981 e. The van der Waals surface area contributed by atoms with Crippen LogP contribution in [0.25, 0.3) is 0 Å². The summed E-state index contributed by atoms with van der Waals surface area (Å²) in [5, 5.41) is 0. The van der Waals surface area contributed by atoms with E-state index in [9.17, 15) is 0 Å². The fourth-order valence-electron chi connectivity index (χ4n) is 4.29. The molecule has 0 amide bonds. The monoisotopic (exact) mass is 336 g/mol. The molecule has 0 radical (unpaired) electrons. The van der Waals surface area contributed by atoms with E-state index in [1.54, 1.807) is 0 Å². The van der Waals surface area contributed by atoms with Crippen molar-refractivity contribution < 1.29 is 4.74 Å². The van der Waals surface area contributed by atoms with Crippen molar-refractivity contribution >= 4 is 0 Å². The van der Waals surface area contributed by atoms with Crippen molar-refractivity contribution in [3.05, 3.63) is 107 Å². The maximum absolute atomic E-state index is 6.44. The fraction of sp³-hybridized carbons (Fsp3) is 0.200. The summed E-state index contributed by atoms with van der Waals surface area (Å²) in [6.07, 6.45) is 0.174. The van der Waals surface area contributed by atoms with E-state index in [-0.39, 0.29) is 24.0 Å². The van der Waals surface area contributed by atoms with Crippen molar-refractivity contribution in [2.24, 2.45) is 5.92 Å². The molecule has 1 fully saturated rings. The molecule has 0 N–H and O–H groups in total. The van der Waals surface area contributed by atoms with E-state index in [0.29, 0.717) is 0 Å². The zero-order valence-electron chi connectivity index (χ0n) is 14.7. The van der Waals surface area contributed by atoms with Gasteiger partial charge in [-0.2, -0.15) is 0 Å². The zero-order valence-corrected chi connectivity index (χ0v) is 14.7. The third kappa shape index (κ3) is 2.46. The van der Waals surface area contributed by atoms with Gasteiger partial charge >= 0.3 is 0 Å². The Hall–Kier alpha value is -2.82. The van der Waals surface area contributed by atoms with Gasteiger partial charge in [-0.1, -0.05) is 84.1 Å². The Morgan fingerprint density at radius 3 is 2.12 bits per heavy atom. The topological polar surface area (TPSA) is 9.23 Å². The molecule has 1 nitrogen and oxygen atoms in total. The van der Waals surface area contributed by atoms with E-state index in [1.807, 2.05) is 18.2 Å². The van der Waals surface area contributed by atoms with Crippen molar-refractivity contribution in [1.29, 1.82) is 0 Å². The molecule has 0 aliphatic carbocycles. The van der Waals surface area contributed by atoms with Crippen molar-refractivity contribution in [1.82, 2.24) is 0 Å². The molecule has 4 unspecified atom stereocenters. The number of aryl methyl sites for hydroxylation is 1. The minimum atomic E-state index is 0.0683. The molecule has 126 valence electrons. The average molecular weight is 336 g/mol. The molecule has 5 rings (SSSR count). The minimum Gasteiger partial charge on any atom is -0.364 e. The van der Waals surface area contributed by atoms with Gasteiger partial charge in [0, 0.05) is 11.5 Å². The molecule has 2 heterocycles. The summed E-state index contributed by atoms with van der Waals surface area (Å²) in [4.78, 5) is 0. The van der Waals surface area contributed by atoms with Crippen LogP contribution in [0.1, 0.15) is 45.9 Å². The molecule has 4 atom stereocenters. The predicted molar refractivity (Wildman–Crippen MR) is 104 cm³/mol. The minimum absolute atomic E-state index is 0.0683. The second kappa shape index (κ2) is 6.16. The Balaban J connectivity index is 1.59. The number of benzene rings is 3. The summed E-state index contributed by atoms with van der Waals surface area (Å²) in [7, 11) is 0. The van der Waals surface area contributed by atoms with Crippen LogP contribution in [0.3, 0.4) is 0 Å². The van der Waals surface area contributed by atoms with E-state index in [0.717, 1.165) is 5.56 Å². The maximum atomic E-state index is 6.44. The standard InChI is InChI=1S/C25H20O/c1-17-11-14-19(15-12-17)23-22(16-13-18-7-3-2-4-8-18)24-20-9-5-6-10-21(20)25(23)26-24/h2-12,14-15,22-25H,1H3. The van der Waals surface area contributed by atoms with Gasteiger partial charge in [0.1, 0.15) is 0 Å². The second-order valence-electron chi connectivity index (χ2n) is 7.20. The highest BCUT2D eigenvalue weighted by Crippen LogP contribution is 2.60. The van der Waals surface area contributed by atoms with Gasteiger partial charge in [-0.3, -0.25) is 0 Å². The molecule has 2 aliphatic rings. The number of fused-ring (bicyclic) bond motifs is 5. The molecule has 1 saturated heterocycles. The number of rotatable bonds is 1. The molecule has 1 heteroatoms. The van der Waals surface area contributed by atoms with Crippen LogP contribution < -0.4 is 0 Å². The molecule has 0 aromatic heterocycles. The summed E-state index contributed by atoms with van der Waals surface area (Å²) < 4.78 is 6.44. The lowest BCUT2D eigenvalue weighted by atomic mass is 9.73. The quantitative estimate of drug-likeness (QED) is 0.528. The van der Waals surface area contributed by atoms with Gasteiger partial charge in [0.05, 0.1) is 18.1 Å². The predicted octanol–water partition coefficient (Wildman–Crippen LogP) is 5.57. The lowest BCUT2D eigenvalue weighted by Gasteiger charge is -2.26. The Morgan fingerprint density at radius 1 is 0.731 bits per heavy atom. The molecule has 3 aromatic carbocycles. The van der Waals surface area contributed by atoms with Crippen LogP contribution in [-0.2, 0) is 4.74 Å². The fourth-order valence-corrected chi connectivity index (χ4v) is 4.29. The molecular formula is C25H20O. The largest absolute Gasteiger partial charge is 0.364 e. The summed E-state index contributed by atoms with van der Waals surface area (Å²) in [5.41, 5.74) is 6.32. The van der Waals surface area contributed by atoms with Crippen LogP contribution in [0.2, 0.25) is 0 Å². The summed E-state index contributed by atoms with van der Waals surface area (Å²) in [5.74, 6) is 7.40. The first-order valence-corrected chi connectivity index (χ1v) is 9.19. The van der Waals surface area contributed by atoms with Gasteiger partial charge in [-0.05, 0) is 35.7 Å². The van der Waals surface area contributed by atoms with Crippen LogP contribution in [0.5, 0.6) is 0 Å². The molecular weight excluding hydrogens is 316 g/mol. The SMILES string of the molecule is Cc1ccc(C2C3OC(c4ccccc43)C2C#Cc2ccccc2)cc1. The summed E-state index contributed by atoms with van der Waals surface area (Å²) in [6, 6.07) is 27.7. The molecule has 2 aliphatic heterocycles. The van der Waals surface area contributed by atoms with Crippen LogP contribution >= 0.6 is 0 Å². The van der Waals surface area contributed by atoms with Crippen molar-refractivity contribution in [2.45, 2.75) is 25.0 Å². The van der Waals surface area contributed by atoms with E-state index >= 15 is 0 Å². The number of hydrogen-bond acceptors (Lipinski definition) is 1. The highest BCUT2D eigenvalue weighted by molar-refractivity contribution is 5.47. The molecule has 26 heavy (non-hydrogen) atoms. The first-order valence-electron chi connectivity index (χ1n) is 9.19. The first-order chi connectivity index (χ1) is 12.8. The molecule has 2 bridgehead atoms. The normalized spacial score (nSPS) is 25.4. The molecule has 0 saturated carbocycles. The highest BCUT2D eigenvalue weighted by Gasteiger charge is 2.52. The van der Waals surface area contributed by atoms with Crippen molar-refractivity contribution in [3.8, 4) is 11.8 Å². The Morgan fingerprint density at radius 2 is 1.38 bits per heavy atom. The lowest BCUT2D eigenvalue weighted by Crippen LogP contribution is -2.19. The summed E-state index contributed by atoms with van der Waals surface area (Å²) in [6.45, 7) is 2.13. The summed E-state index contributed by atoms with van der Waals surface area (Å²) >= 11 is 0. The lowest BCUT2D eigenvalue weighted by molar-refractivity contribution is 0.0627. The van der Waals surface area contributed by atoms with E-state index < -0.39 is 0 Å². The van der Waals surface area contributed by atoms with E-state index in [4.69, 9.17) is 4.74 Å². The van der Waals surface area contributed by atoms with E-state index in [1.165, 1.54) is 22.3 Å². The zero-order chi connectivity index (χ0) is 17.5. The van der Waals surface area contributed by atoms with Gasteiger partial charge < -0.3 is 4.74 Å². The van der Waals surface area contributed by atoms with E-state index in [2.05, 4.69) is 79.4 Å². The van der Waals surface area contributed by atoms with Gasteiger partial charge in [-0.25, -0.2) is 0 Å². The van der Waals surface area contributed by atoms with Crippen LogP contribution in [-0.4, -0.2) is 0 Å². The van der Waals surface area contributed by atoms with Crippen LogP contribution in [0.15, 0.2) is 78.9 Å². The third-order valence-corrected chi connectivity index (χ3v) is 5.56. The van der Waals surface area contributed by atoms with Gasteiger partial charge in [0.15, 0.2) is 0 Å². The molecule has 0 spiro atoms. The highest BCUT2D eigenvalue weighted by atomic mass is 16.5. The van der Waals surface area contributed by atoms with Crippen LogP contribution in [0.4, 0.5) is 0 Å². The van der Waals surface area contributed by atoms with Crippen LogP contribution in [0, 0.1) is 24.7 Å². The van der Waals surface area contributed by atoms with Gasteiger partial charge in [-0.15, -0.1) is 0 Å². The van der Waals surface area contributed by atoms with Gasteiger partial charge in [0.25, 0.3) is 0 Å².